The first-order valence-electron chi connectivity index (χ1n) is 8.70. The van der Waals surface area contributed by atoms with Gasteiger partial charge in [-0.2, -0.15) is 0 Å². The quantitative estimate of drug-likeness (QED) is 0.739. The fraction of sp³-hybridized carbons (Fsp3) is 0.381. The Morgan fingerprint density at radius 3 is 2.32 bits per heavy atom. The van der Waals surface area contributed by atoms with Crippen molar-refractivity contribution in [2.75, 3.05) is 13.2 Å². The summed E-state index contributed by atoms with van der Waals surface area (Å²) >= 11 is 0. The van der Waals surface area contributed by atoms with Gasteiger partial charge in [-0.3, -0.25) is 4.79 Å². The molecule has 4 heteroatoms. The Bertz CT molecular complexity index is 692. The lowest BCUT2D eigenvalue weighted by Gasteiger charge is -2.17. The van der Waals surface area contributed by atoms with Crippen molar-refractivity contribution in [3.8, 4) is 11.5 Å². The van der Waals surface area contributed by atoms with Gasteiger partial charge in [0, 0.05) is 0 Å². The summed E-state index contributed by atoms with van der Waals surface area (Å²) in [6.07, 6.45) is 0.112. The number of carbonyl (C=O) groups excluding carboxylic acids is 1. The van der Waals surface area contributed by atoms with Gasteiger partial charge in [-0.25, -0.2) is 0 Å². The Hall–Kier alpha value is -2.49. The van der Waals surface area contributed by atoms with Crippen LogP contribution < -0.4 is 14.8 Å². The molecular formula is C21H27NO3. The summed E-state index contributed by atoms with van der Waals surface area (Å²) in [5, 5.41) is 2.88. The van der Waals surface area contributed by atoms with Crippen LogP contribution in [0.2, 0.25) is 0 Å². The first-order valence-corrected chi connectivity index (χ1v) is 8.70. The number of hydrogen-bond acceptors (Lipinski definition) is 3. The summed E-state index contributed by atoms with van der Waals surface area (Å²) in [5.41, 5.74) is 3.43. The molecule has 1 unspecified atom stereocenters. The minimum Gasteiger partial charge on any atom is -0.492 e. The Balaban J connectivity index is 1.79. The first-order chi connectivity index (χ1) is 12.0. The van der Waals surface area contributed by atoms with Gasteiger partial charge >= 0.3 is 0 Å². The van der Waals surface area contributed by atoms with E-state index in [0.29, 0.717) is 25.3 Å². The van der Waals surface area contributed by atoms with Crippen molar-refractivity contribution in [3.63, 3.8) is 0 Å². The van der Waals surface area contributed by atoms with E-state index in [4.69, 9.17) is 9.47 Å². The maximum atomic E-state index is 12.3. The number of amides is 1. The summed E-state index contributed by atoms with van der Waals surface area (Å²) in [4.78, 5) is 12.3. The van der Waals surface area contributed by atoms with Crippen molar-refractivity contribution < 1.29 is 14.3 Å². The smallest absolute Gasteiger partial charge is 0.261 e. The van der Waals surface area contributed by atoms with Gasteiger partial charge in [0.25, 0.3) is 5.91 Å². The molecule has 0 aromatic heterocycles. The van der Waals surface area contributed by atoms with Crippen LogP contribution in [0.25, 0.3) is 0 Å². The number of rotatable bonds is 8. The average molecular weight is 341 g/mol. The van der Waals surface area contributed by atoms with Crippen LogP contribution in [0.5, 0.6) is 11.5 Å². The van der Waals surface area contributed by atoms with E-state index in [0.717, 1.165) is 22.4 Å². The second-order valence-corrected chi connectivity index (χ2v) is 6.29. The van der Waals surface area contributed by atoms with E-state index in [2.05, 4.69) is 11.4 Å². The minimum absolute atomic E-state index is 0.118. The number of nitrogens with one attached hydrogen (secondary N) is 1. The second kappa shape index (κ2) is 9.11. The standard InChI is InChI=1S/C21H27NO3/c1-5-20(25-18-8-6-7-15(2)12-18)21(23)22-9-10-24-19-13-16(3)11-17(4)14-19/h6-8,11-14,20H,5,9-10H2,1-4H3,(H,22,23). The molecule has 25 heavy (non-hydrogen) atoms. The number of hydrogen-bond donors (Lipinski definition) is 1. The largest absolute Gasteiger partial charge is 0.492 e. The average Bonchev–Trinajstić information content (AvgIpc) is 2.55. The molecule has 0 aliphatic heterocycles. The van der Waals surface area contributed by atoms with Crippen LogP contribution in [0.4, 0.5) is 0 Å². The Morgan fingerprint density at radius 2 is 1.68 bits per heavy atom. The van der Waals surface area contributed by atoms with Crippen LogP contribution in [-0.2, 0) is 4.79 Å². The number of benzene rings is 2. The zero-order valence-electron chi connectivity index (χ0n) is 15.5. The fourth-order valence-corrected chi connectivity index (χ4v) is 2.65. The van der Waals surface area contributed by atoms with E-state index >= 15 is 0 Å². The highest BCUT2D eigenvalue weighted by atomic mass is 16.5. The van der Waals surface area contributed by atoms with Gasteiger partial charge in [0.2, 0.25) is 0 Å². The molecule has 0 heterocycles. The molecular weight excluding hydrogens is 314 g/mol. The molecule has 2 rings (SSSR count). The lowest BCUT2D eigenvalue weighted by atomic mass is 10.1. The SMILES string of the molecule is CCC(Oc1cccc(C)c1)C(=O)NCCOc1cc(C)cc(C)c1. The summed E-state index contributed by atoms with van der Waals surface area (Å²) < 4.78 is 11.5. The van der Waals surface area contributed by atoms with E-state index in [1.165, 1.54) is 0 Å². The number of aryl methyl sites for hydroxylation is 3. The van der Waals surface area contributed by atoms with Crippen molar-refractivity contribution in [2.24, 2.45) is 0 Å². The van der Waals surface area contributed by atoms with Crippen LogP contribution in [0.3, 0.4) is 0 Å². The molecule has 0 saturated carbocycles. The predicted octanol–water partition coefficient (Wildman–Crippen LogP) is 3.96. The molecule has 0 aliphatic carbocycles. The van der Waals surface area contributed by atoms with Crippen molar-refractivity contribution in [2.45, 2.75) is 40.2 Å². The minimum atomic E-state index is -0.497. The van der Waals surface area contributed by atoms with Crippen molar-refractivity contribution in [1.82, 2.24) is 5.32 Å². The van der Waals surface area contributed by atoms with Gasteiger partial charge in [0.05, 0.1) is 6.54 Å². The molecule has 0 spiro atoms. The highest BCUT2D eigenvalue weighted by molar-refractivity contribution is 5.81. The fourth-order valence-electron chi connectivity index (χ4n) is 2.65. The van der Waals surface area contributed by atoms with E-state index < -0.39 is 6.10 Å². The highest BCUT2D eigenvalue weighted by Gasteiger charge is 2.17. The monoisotopic (exact) mass is 341 g/mol. The number of ether oxygens (including phenoxy) is 2. The van der Waals surface area contributed by atoms with E-state index in [-0.39, 0.29) is 5.91 Å². The summed E-state index contributed by atoms with van der Waals surface area (Å²) in [7, 11) is 0. The lowest BCUT2D eigenvalue weighted by Crippen LogP contribution is -2.39. The van der Waals surface area contributed by atoms with Gasteiger partial charge in [-0.15, -0.1) is 0 Å². The van der Waals surface area contributed by atoms with Gasteiger partial charge in [-0.1, -0.05) is 25.1 Å². The zero-order valence-corrected chi connectivity index (χ0v) is 15.5. The third-order valence-electron chi connectivity index (χ3n) is 3.80. The third kappa shape index (κ3) is 6.14. The molecule has 0 saturated heterocycles. The van der Waals surface area contributed by atoms with Crippen LogP contribution in [-0.4, -0.2) is 25.2 Å². The highest BCUT2D eigenvalue weighted by Crippen LogP contribution is 2.16. The summed E-state index contributed by atoms with van der Waals surface area (Å²) in [6, 6.07) is 13.8. The van der Waals surface area contributed by atoms with Crippen molar-refractivity contribution in [3.05, 3.63) is 59.2 Å². The van der Waals surface area contributed by atoms with Gasteiger partial charge < -0.3 is 14.8 Å². The molecule has 2 aromatic carbocycles. The molecule has 0 radical (unpaired) electrons. The van der Waals surface area contributed by atoms with Crippen LogP contribution in [0, 0.1) is 20.8 Å². The predicted molar refractivity (Wildman–Crippen MR) is 100 cm³/mol. The molecule has 134 valence electrons. The molecule has 2 aromatic rings. The van der Waals surface area contributed by atoms with Crippen molar-refractivity contribution >= 4 is 5.91 Å². The Kier molecular flexibility index (Phi) is 6.87. The normalized spacial score (nSPS) is 11.7. The number of carbonyl (C=O) groups is 1. The lowest BCUT2D eigenvalue weighted by molar-refractivity contribution is -0.128. The summed E-state index contributed by atoms with van der Waals surface area (Å²) in [6.45, 7) is 8.88. The summed E-state index contributed by atoms with van der Waals surface area (Å²) in [5.74, 6) is 1.43. The van der Waals surface area contributed by atoms with Gasteiger partial charge in [0.15, 0.2) is 6.10 Å². The van der Waals surface area contributed by atoms with E-state index in [1.54, 1.807) is 0 Å². The van der Waals surface area contributed by atoms with E-state index in [9.17, 15) is 4.79 Å². The van der Waals surface area contributed by atoms with Gasteiger partial charge in [-0.05, 0) is 68.1 Å². The molecule has 4 nitrogen and oxygen atoms in total. The maximum absolute atomic E-state index is 12.3. The molecule has 1 N–H and O–H groups in total. The third-order valence-corrected chi connectivity index (χ3v) is 3.80. The topological polar surface area (TPSA) is 47.6 Å². The molecule has 1 atom stereocenters. The van der Waals surface area contributed by atoms with Crippen LogP contribution in [0.1, 0.15) is 30.0 Å². The zero-order chi connectivity index (χ0) is 18.2. The van der Waals surface area contributed by atoms with Crippen molar-refractivity contribution in [1.29, 1.82) is 0 Å². The molecule has 1 amide bonds. The Morgan fingerprint density at radius 1 is 1.00 bits per heavy atom. The maximum Gasteiger partial charge on any atom is 0.261 e. The van der Waals surface area contributed by atoms with Crippen LogP contribution in [0.15, 0.2) is 42.5 Å². The Labute approximate surface area is 150 Å². The molecule has 0 fully saturated rings. The van der Waals surface area contributed by atoms with Gasteiger partial charge in [0.1, 0.15) is 18.1 Å². The van der Waals surface area contributed by atoms with Crippen LogP contribution >= 0.6 is 0 Å². The molecule has 0 aliphatic rings. The second-order valence-electron chi connectivity index (χ2n) is 6.29. The molecule has 0 bridgehead atoms. The first kappa shape index (κ1) is 18.8. The van der Waals surface area contributed by atoms with E-state index in [1.807, 2.05) is 64.1 Å².